The van der Waals surface area contributed by atoms with E-state index >= 15 is 0 Å². The molecule has 1 N–H and O–H groups in total. The Kier molecular flexibility index (Phi) is 15.5. The van der Waals surface area contributed by atoms with E-state index in [0.717, 1.165) is 74.3 Å². The first kappa shape index (κ1) is 40.0. The van der Waals surface area contributed by atoms with Crippen molar-refractivity contribution in [3.05, 3.63) is 68.3 Å². The van der Waals surface area contributed by atoms with Crippen LogP contribution >= 0.6 is 0 Å². The van der Waals surface area contributed by atoms with E-state index < -0.39 is 0 Å². The Morgan fingerprint density at radius 2 is 1.09 bits per heavy atom. The van der Waals surface area contributed by atoms with Crippen LogP contribution in [0.5, 0.6) is 0 Å². The maximum Gasteiger partial charge on any atom is 3.00 e. The number of hydrogen-bond acceptors (Lipinski definition) is 2. The third-order valence-electron chi connectivity index (χ3n) is 8.86. The molecular weight excluding hydrogens is 647 g/mol. The van der Waals surface area contributed by atoms with Crippen LogP contribution in [0.15, 0.2) is 12.1 Å². The monoisotopic (exact) mass is 691 g/mol. The van der Waals surface area contributed by atoms with Crippen molar-refractivity contribution in [2.75, 3.05) is 0 Å². The van der Waals surface area contributed by atoms with Gasteiger partial charge in [0.05, 0.1) is 22.8 Å². The zero-order valence-corrected chi connectivity index (χ0v) is 31.0. The Labute approximate surface area is 293 Å². The minimum Gasteiger partial charge on any atom is -1.00 e. The van der Waals surface area contributed by atoms with Crippen LogP contribution in [-0.4, -0.2) is 19.5 Å². The molecule has 4 nitrogen and oxygen atoms in total. The van der Waals surface area contributed by atoms with Gasteiger partial charge in [0.1, 0.15) is 0 Å². The first-order valence-corrected chi connectivity index (χ1v) is 15.7. The average Bonchev–Trinajstić information content (AvgIpc) is 3.73. The second-order valence-electron chi connectivity index (χ2n) is 10.8. The van der Waals surface area contributed by atoms with Crippen molar-refractivity contribution in [1.29, 1.82) is 0 Å². The van der Waals surface area contributed by atoms with Gasteiger partial charge in [0.15, 0.2) is 0 Å². The Morgan fingerprint density at radius 3 is 1.59 bits per heavy atom. The standard InChI is InChI=1S/C36H46N4.3ClH.Cr/c1-9-22-19-25-20-23-17-18-24(37-23)21-32-26(10-2)29(13-5)36(40(32)16-8)31(15-7)35-28(12-4)27(11-3)34(39-35)30(14-6)33(22)38-25;;;;/h17-21,39H,9-16H2,1-8H3;3*1H;/q;;;;+3/p-3. The molecule has 2 aliphatic rings. The van der Waals surface area contributed by atoms with E-state index in [0.29, 0.717) is 0 Å². The molecule has 0 atom stereocenters. The number of hydrogen-bond donors (Lipinski definition) is 1. The molecule has 0 unspecified atom stereocenters. The van der Waals surface area contributed by atoms with E-state index in [2.05, 4.69) is 95.3 Å². The van der Waals surface area contributed by atoms with Gasteiger partial charge in [-0.3, -0.25) is 0 Å². The molecular formula is C36H46Cl3CrN4. The molecule has 5 rings (SSSR count). The Bertz CT molecular complexity index is 1700. The summed E-state index contributed by atoms with van der Waals surface area (Å²) in [5, 5.41) is 0. The number of nitrogens with one attached hydrogen (secondary N) is 1. The molecule has 8 heteroatoms. The topological polar surface area (TPSA) is 46.5 Å². The second-order valence-corrected chi connectivity index (χ2v) is 10.8. The van der Waals surface area contributed by atoms with Crippen LogP contribution in [0.3, 0.4) is 0 Å². The fourth-order valence-electron chi connectivity index (χ4n) is 7.09. The second kappa shape index (κ2) is 17.1. The van der Waals surface area contributed by atoms with E-state index in [4.69, 9.17) is 9.97 Å². The number of allylic oxidation sites excluding steroid dienone is 1. The van der Waals surface area contributed by atoms with Gasteiger partial charge < -0.3 is 46.8 Å². The average molecular weight is 693 g/mol. The van der Waals surface area contributed by atoms with Crippen molar-refractivity contribution in [2.45, 2.75) is 107 Å². The minimum atomic E-state index is 0. The molecule has 44 heavy (non-hydrogen) atoms. The quantitative estimate of drug-likeness (QED) is 0.289. The van der Waals surface area contributed by atoms with Crippen molar-refractivity contribution in [2.24, 2.45) is 0 Å². The number of aromatic nitrogens is 4. The van der Waals surface area contributed by atoms with Crippen LogP contribution in [0.1, 0.15) is 118 Å². The number of rotatable bonds is 8. The molecule has 0 saturated carbocycles. The predicted octanol–water partition coefficient (Wildman–Crippen LogP) is 0.313. The number of halogens is 3. The van der Waals surface area contributed by atoms with Crippen molar-refractivity contribution >= 4 is 45.9 Å². The van der Waals surface area contributed by atoms with E-state index in [1.54, 1.807) is 0 Å². The Morgan fingerprint density at radius 1 is 0.568 bits per heavy atom. The first-order chi connectivity index (χ1) is 19.5. The molecule has 0 spiro atoms. The van der Waals surface area contributed by atoms with Crippen molar-refractivity contribution in [3.8, 4) is 0 Å². The molecule has 0 aliphatic carbocycles. The summed E-state index contributed by atoms with van der Waals surface area (Å²) >= 11 is 0. The van der Waals surface area contributed by atoms with Crippen molar-refractivity contribution in [1.82, 2.24) is 19.5 Å². The zero-order valence-electron chi connectivity index (χ0n) is 27.4. The van der Waals surface area contributed by atoms with Gasteiger partial charge in [-0.2, -0.15) is 0 Å². The van der Waals surface area contributed by atoms with Crippen LogP contribution in [0, 0.1) is 0 Å². The fraction of sp³-hybridized carbons (Fsp3) is 0.444. The number of nitrogens with zero attached hydrogens (tertiary/aromatic N) is 3. The summed E-state index contributed by atoms with van der Waals surface area (Å²) in [6.45, 7) is 19.3. The summed E-state index contributed by atoms with van der Waals surface area (Å²) in [4.78, 5) is 14.3. The van der Waals surface area contributed by atoms with Gasteiger partial charge in [0.2, 0.25) is 0 Å². The summed E-state index contributed by atoms with van der Waals surface area (Å²) in [5.41, 5.74) is 19.4. The largest absolute Gasteiger partial charge is 3.00 e. The molecule has 1 radical (unpaired) electrons. The molecule has 0 amide bonds. The van der Waals surface area contributed by atoms with Crippen molar-refractivity contribution < 1.29 is 54.6 Å². The first-order valence-electron chi connectivity index (χ1n) is 15.7. The Balaban J connectivity index is 0.00000242. The summed E-state index contributed by atoms with van der Waals surface area (Å²) in [5.74, 6) is 0. The van der Waals surface area contributed by atoms with E-state index in [1.165, 1.54) is 61.0 Å². The third kappa shape index (κ3) is 6.74. The van der Waals surface area contributed by atoms with Gasteiger partial charge in [0, 0.05) is 34.2 Å². The van der Waals surface area contributed by atoms with Gasteiger partial charge >= 0.3 is 17.4 Å². The van der Waals surface area contributed by atoms with Crippen molar-refractivity contribution in [3.63, 3.8) is 0 Å². The van der Waals surface area contributed by atoms with Gasteiger partial charge in [-0.05, 0) is 116 Å². The molecule has 237 valence electrons. The van der Waals surface area contributed by atoms with Gasteiger partial charge in [-0.25, -0.2) is 9.97 Å². The van der Waals surface area contributed by atoms with E-state index in [9.17, 15) is 0 Å². The molecule has 8 bridgehead atoms. The molecule has 0 fully saturated rings. The summed E-state index contributed by atoms with van der Waals surface area (Å²) in [6, 6.07) is 4.45. The number of aromatic amines is 1. The van der Waals surface area contributed by atoms with Crippen LogP contribution in [0.25, 0.3) is 45.9 Å². The predicted molar refractivity (Wildman–Crippen MR) is 174 cm³/mol. The van der Waals surface area contributed by atoms with Crippen LogP contribution in [0.2, 0.25) is 0 Å². The maximum absolute atomic E-state index is 5.22. The molecule has 5 heterocycles. The molecule has 0 aromatic carbocycles. The molecule has 3 aromatic rings. The SMILES string of the molecule is CCC1=Cc2cc3nc(cc4c(CC)c(CC)c(c(CC)c5[nH]c(c(CC)c1n2)c(CC)c5CC)n4CC)C=C3.[Cl-].[Cl-].[Cl-].[Cr+3]. The minimum absolute atomic E-state index is 0. The van der Waals surface area contributed by atoms with E-state index in [-0.39, 0.29) is 54.6 Å². The number of aryl methyl sites for hydroxylation is 7. The normalized spacial score (nSPS) is 11.7. The maximum atomic E-state index is 5.22. The Hall–Kier alpha value is -2.00. The fourth-order valence-corrected chi connectivity index (χ4v) is 7.09. The van der Waals surface area contributed by atoms with Gasteiger partial charge in [-0.15, -0.1) is 0 Å². The van der Waals surface area contributed by atoms with Crippen LogP contribution in [0.4, 0.5) is 0 Å². The van der Waals surface area contributed by atoms with Crippen LogP contribution < -0.4 is 37.2 Å². The zero-order chi connectivity index (χ0) is 28.6. The number of fused-ring (bicyclic) bond motifs is 8. The molecule has 0 saturated heterocycles. The third-order valence-corrected chi connectivity index (χ3v) is 8.86. The smallest absolute Gasteiger partial charge is 1.00 e. The van der Waals surface area contributed by atoms with Gasteiger partial charge in [-0.1, -0.05) is 48.5 Å². The number of H-pyrrole nitrogens is 1. The van der Waals surface area contributed by atoms with E-state index in [1.807, 2.05) is 0 Å². The molecule has 3 aromatic heterocycles. The summed E-state index contributed by atoms with van der Waals surface area (Å²) in [7, 11) is 0. The van der Waals surface area contributed by atoms with Crippen LogP contribution in [-0.2, 0) is 62.4 Å². The van der Waals surface area contributed by atoms with Gasteiger partial charge in [0.25, 0.3) is 0 Å². The molecule has 2 aliphatic heterocycles. The summed E-state index contributed by atoms with van der Waals surface area (Å²) in [6.07, 6.45) is 13.5. The summed E-state index contributed by atoms with van der Waals surface area (Å²) < 4.78 is 2.57.